The number of thiocarbonyl (C=S) groups is 1. The van der Waals surface area contributed by atoms with Gasteiger partial charge in [0.1, 0.15) is 4.99 Å². The molecule has 1 rings (SSSR count). The number of hydrogen-bond acceptors (Lipinski definition) is 3. The van der Waals surface area contributed by atoms with Crippen molar-refractivity contribution in [2.75, 3.05) is 18.5 Å². The third kappa shape index (κ3) is 5.31. The van der Waals surface area contributed by atoms with Gasteiger partial charge < -0.3 is 15.8 Å². The lowest BCUT2D eigenvalue weighted by Crippen LogP contribution is -2.19. The maximum atomic E-state index is 12.6. The zero-order valence-electron chi connectivity index (χ0n) is 11.3. The molecule has 4 nitrogen and oxygen atoms in total. The summed E-state index contributed by atoms with van der Waals surface area (Å²) in [6.07, 6.45) is -4.41. The van der Waals surface area contributed by atoms with Crippen LogP contribution in [-0.4, -0.2) is 24.1 Å². The standard InChI is InChI=1S/C13H15F3N2O2S/c1-2-20-6-5-11(19)18-10-4-3-8(13(14,15)16)7-9(10)12(17)21/h3-4,7H,2,5-6H2,1H3,(H2,17,21)(H,18,19). The van der Waals surface area contributed by atoms with Crippen molar-refractivity contribution in [2.45, 2.75) is 19.5 Å². The SMILES string of the molecule is CCOCCC(=O)Nc1ccc(C(F)(F)F)cc1C(N)=S. The Morgan fingerprint density at radius 3 is 2.62 bits per heavy atom. The Hall–Kier alpha value is -1.67. The molecule has 0 aromatic heterocycles. The molecule has 0 aliphatic carbocycles. The summed E-state index contributed by atoms with van der Waals surface area (Å²) in [5, 5.41) is 2.48. The van der Waals surface area contributed by atoms with Crippen molar-refractivity contribution in [1.29, 1.82) is 0 Å². The van der Waals surface area contributed by atoms with Crippen LogP contribution in [0, 0.1) is 0 Å². The summed E-state index contributed by atoms with van der Waals surface area (Å²) < 4.78 is 43.0. The molecular formula is C13H15F3N2O2S. The van der Waals surface area contributed by atoms with Gasteiger partial charge in [0.05, 0.1) is 24.3 Å². The molecule has 1 aromatic rings. The second-order valence-electron chi connectivity index (χ2n) is 4.12. The summed E-state index contributed by atoms with van der Waals surface area (Å²) in [5.74, 6) is -0.388. The lowest BCUT2D eigenvalue weighted by molar-refractivity contribution is -0.137. The second kappa shape index (κ2) is 7.37. The van der Waals surface area contributed by atoms with Crippen LogP contribution in [-0.2, 0) is 15.7 Å². The van der Waals surface area contributed by atoms with E-state index in [0.717, 1.165) is 18.2 Å². The Bertz CT molecular complexity index is 533. The zero-order chi connectivity index (χ0) is 16.0. The number of carbonyl (C=O) groups excluding carboxylic acids is 1. The Kier molecular flexibility index (Phi) is 6.10. The summed E-state index contributed by atoms with van der Waals surface area (Å²) in [7, 11) is 0. The summed E-state index contributed by atoms with van der Waals surface area (Å²) in [4.78, 5) is 11.4. The van der Waals surface area contributed by atoms with Crippen molar-refractivity contribution in [1.82, 2.24) is 0 Å². The number of halogens is 3. The number of anilines is 1. The first kappa shape index (κ1) is 17.4. The van der Waals surface area contributed by atoms with Gasteiger partial charge in [0, 0.05) is 12.2 Å². The first-order chi connectivity index (χ1) is 9.75. The van der Waals surface area contributed by atoms with Crippen LogP contribution in [0.1, 0.15) is 24.5 Å². The molecule has 0 bridgehead atoms. The number of nitrogens with two attached hydrogens (primary N) is 1. The van der Waals surface area contributed by atoms with E-state index in [1.165, 1.54) is 0 Å². The van der Waals surface area contributed by atoms with Gasteiger partial charge in [-0.25, -0.2) is 0 Å². The van der Waals surface area contributed by atoms with Crippen LogP contribution in [0.3, 0.4) is 0 Å². The van der Waals surface area contributed by atoms with Gasteiger partial charge in [-0.05, 0) is 25.1 Å². The highest BCUT2D eigenvalue weighted by molar-refractivity contribution is 7.80. The van der Waals surface area contributed by atoms with Gasteiger partial charge in [0.2, 0.25) is 5.91 Å². The number of ether oxygens (including phenoxy) is 1. The van der Waals surface area contributed by atoms with Crippen LogP contribution < -0.4 is 11.1 Å². The number of amides is 1. The minimum Gasteiger partial charge on any atom is -0.389 e. The molecule has 0 saturated carbocycles. The number of carbonyl (C=O) groups is 1. The van der Waals surface area contributed by atoms with Crippen LogP contribution in [0.15, 0.2) is 18.2 Å². The molecular weight excluding hydrogens is 305 g/mol. The molecule has 8 heteroatoms. The highest BCUT2D eigenvalue weighted by atomic mass is 32.1. The van der Waals surface area contributed by atoms with E-state index in [-0.39, 0.29) is 35.2 Å². The molecule has 0 spiro atoms. The van der Waals surface area contributed by atoms with Crippen LogP contribution in [0.2, 0.25) is 0 Å². The van der Waals surface area contributed by atoms with Gasteiger partial charge in [0.25, 0.3) is 0 Å². The Balaban J connectivity index is 2.92. The monoisotopic (exact) mass is 320 g/mol. The molecule has 3 N–H and O–H groups in total. The molecule has 1 amide bonds. The number of nitrogens with one attached hydrogen (secondary N) is 1. The van der Waals surface area contributed by atoms with E-state index in [2.05, 4.69) is 5.32 Å². The number of rotatable bonds is 6. The number of alkyl halides is 3. The predicted molar refractivity (Wildman–Crippen MR) is 77.1 cm³/mol. The summed E-state index contributed by atoms with van der Waals surface area (Å²) >= 11 is 4.73. The van der Waals surface area contributed by atoms with Crippen molar-refractivity contribution in [3.63, 3.8) is 0 Å². The molecule has 0 heterocycles. The molecule has 116 valence electrons. The third-order valence-corrected chi connectivity index (χ3v) is 2.78. The van der Waals surface area contributed by atoms with Crippen LogP contribution >= 0.6 is 12.2 Å². The minimum atomic E-state index is -4.50. The van der Waals surface area contributed by atoms with E-state index >= 15 is 0 Å². The van der Waals surface area contributed by atoms with E-state index in [9.17, 15) is 18.0 Å². The Morgan fingerprint density at radius 2 is 2.10 bits per heavy atom. The van der Waals surface area contributed by atoms with Crippen LogP contribution in [0.5, 0.6) is 0 Å². The molecule has 1 aromatic carbocycles. The Morgan fingerprint density at radius 1 is 1.43 bits per heavy atom. The van der Waals surface area contributed by atoms with E-state index in [1.807, 2.05) is 0 Å². The number of benzene rings is 1. The number of hydrogen-bond donors (Lipinski definition) is 2. The van der Waals surface area contributed by atoms with Crippen molar-refractivity contribution >= 4 is 28.8 Å². The van der Waals surface area contributed by atoms with Crippen molar-refractivity contribution in [3.8, 4) is 0 Å². The van der Waals surface area contributed by atoms with Gasteiger partial charge in [-0.1, -0.05) is 12.2 Å². The highest BCUT2D eigenvalue weighted by Gasteiger charge is 2.31. The molecule has 0 saturated heterocycles. The van der Waals surface area contributed by atoms with Gasteiger partial charge in [-0.3, -0.25) is 4.79 Å². The highest BCUT2D eigenvalue weighted by Crippen LogP contribution is 2.31. The van der Waals surface area contributed by atoms with Crippen LogP contribution in [0.4, 0.5) is 18.9 Å². The average molecular weight is 320 g/mol. The smallest absolute Gasteiger partial charge is 0.389 e. The first-order valence-corrected chi connectivity index (χ1v) is 6.55. The van der Waals surface area contributed by atoms with Gasteiger partial charge >= 0.3 is 6.18 Å². The Labute approximate surface area is 125 Å². The molecule has 0 radical (unpaired) electrons. The summed E-state index contributed by atoms with van der Waals surface area (Å²) in [6, 6.07) is 2.82. The minimum absolute atomic E-state index is 0.0235. The van der Waals surface area contributed by atoms with Crippen LogP contribution in [0.25, 0.3) is 0 Å². The fourth-order valence-corrected chi connectivity index (χ4v) is 1.72. The molecule has 0 fully saturated rings. The molecule has 21 heavy (non-hydrogen) atoms. The summed E-state index contributed by atoms with van der Waals surface area (Å²) in [5.41, 5.74) is 4.66. The largest absolute Gasteiger partial charge is 0.416 e. The second-order valence-corrected chi connectivity index (χ2v) is 4.56. The molecule has 0 aliphatic rings. The van der Waals surface area contributed by atoms with Crippen molar-refractivity contribution < 1.29 is 22.7 Å². The van der Waals surface area contributed by atoms with E-state index in [0.29, 0.717) is 6.61 Å². The average Bonchev–Trinajstić information content (AvgIpc) is 2.37. The lowest BCUT2D eigenvalue weighted by atomic mass is 10.1. The van der Waals surface area contributed by atoms with Gasteiger partial charge in [-0.2, -0.15) is 13.2 Å². The van der Waals surface area contributed by atoms with E-state index < -0.39 is 11.7 Å². The normalized spacial score (nSPS) is 11.2. The quantitative estimate of drug-likeness (QED) is 0.625. The molecule has 0 atom stereocenters. The van der Waals surface area contributed by atoms with Gasteiger partial charge in [0.15, 0.2) is 0 Å². The van der Waals surface area contributed by atoms with E-state index in [1.54, 1.807) is 6.92 Å². The maximum absolute atomic E-state index is 12.6. The topological polar surface area (TPSA) is 64.3 Å². The zero-order valence-corrected chi connectivity index (χ0v) is 12.1. The predicted octanol–water partition coefficient (Wildman–Crippen LogP) is 2.70. The third-order valence-electron chi connectivity index (χ3n) is 2.56. The molecule has 0 aliphatic heterocycles. The van der Waals surface area contributed by atoms with Crippen molar-refractivity contribution in [3.05, 3.63) is 29.3 Å². The fourth-order valence-electron chi connectivity index (χ4n) is 1.56. The lowest BCUT2D eigenvalue weighted by Gasteiger charge is -2.13. The summed E-state index contributed by atoms with van der Waals surface area (Å²) in [6.45, 7) is 2.50. The maximum Gasteiger partial charge on any atom is 0.416 e. The molecule has 0 unspecified atom stereocenters. The van der Waals surface area contributed by atoms with Gasteiger partial charge in [-0.15, -0.1) is 0 Å². The fraction of sp³-hybridized carbons (Fsp3) is 0.385. The van der Waals surface area contributed by atoms with Crippen molar-refractivity contribution in [2.24, 2.45) is 5.73 Å². The first-order valence-electron chi connectivity index (χ1n) is 6.14. The van der Waals surface area contributed by atoms with E-state index in [4.69, 9.17) is 22.7 Å².